The van der Waals surface area contributed by atoms with Gasteiger partial charge in [-0.1, -0.05) is 0 Å². The van der Waals surface area contributed by atoms with Crippen LogP contribution in [0.3, 0.4) is 0 Å². The lowest BCUT2D eigenvalue weighted by Crippen LogP contribution is -2.50. The molecule has 152 valence electrons. The lowest BCUT2D eigenvalue weighted by Gasteiger charge is -2.33. The van der Waals surface area contributed by atoms with Crippen molar-refractivity contribution in [2.24, 2.45) is 0 Å². The summed E-state index contributed by atoms with van der Waals surface area (Å²) in [5.41, 5.74) is 0.674. The first kappa shape index (κ1) is 19.8. The summed E-state index contributed by atoms with van der Waals surface area (Å²) in [5.74, 6) is 0.0154. The van der Waals surface area contributed by atoms with Gasteiger partial charge in [0.15, 0.2) is 5.76 Å². The van der Waals surface area contributed by atoms with E-state index in [0.717, 1.165) is 4.88 Å². The second-order valence-electron chi connectivity index (χ2n) is 6.73. The monoisotopic (exact) mass is 434 g/mol. The second-order valence-corrected chi connectivity index (χ2v) is 10.2. The zero-order valence-corrected chi connectivity index (χ0v) is 17.3. The van der Waals surface area contributed by atoms with Crippen LogP contribution in [0.2, 0.25) is 0 Å². The Balaban J connectivity index is 1.42. The summed E-state index contributed by atoms with van der Waals surface area (Å²) in [4.78, 5) is 15.3. The van der Waals surface area contributed by atoms with Gasteiger partial charge < -0.3 is 9.32 Å². The molecule has 6 nitrogen and oxygen atoms in total. The molecular weight excluding hydrogens is 415 g/mol. The number of carbonyl (C=O) groups is 1. The van der Waals surface area contributed by atoms with Crippen LogP contribution < -0.4 is 0 Å². The minimum atomic E-state index is -3.53. The molecule has 1 aliphatic heterocycles. The number of rotatable bonds is 4. The third kappa shape index (κ3) is 3.98. The third-order valence-electron chi connectivity index (χ3n) is 4.78. The maximum atomic E-state index is 13.1. The molecule has 2 aromatic heterocycles. The van der Waals surface area contributed by atoms with Gasteiger partial charge in [0.05, 0.1) is 0 Å². The molecule has 4 rings (SSSR count). The van der Waals surface area contributed by atoms with Crippen LogP contribution in [0.5, 0.6) is 0 Å². The van der Waals surface area contributed by atoms with Crippen LogP contribution in [0.15, 0.2) is 57.2 Å². The van der Waals surface area contributed by atoms with Crippen LogP contribution in [-0.4, -0.2) is 49.7 Å². The molecular formula is C20H19FN2O4S2. The molecule has 0 spiro atoms. The Morgan fingerprint density at radius 2 is 1.69 bits per heavy atom. The normalized spacial score (nSPS) is 15.6. The number of hydrogen-bond acceptors (Lipinski definition) is 5. The van der Waals surface area contributed by atoms with Crippen molar-refractivity contribution in [1.29, 1.82) is 0 Å². The average molecular weight is 435 g/mol. The van der Waals surface area contributed by atoms with Crippen molar-refractivity contribution >= 4 is 27.3 Å². The molecule has 3 aromatic rings. The molecule has 1 aliphatic rings. The van der Waals surface area contributed by atoms with E-state index in [1.54, 1.807) is 41.3 Å². The van der Waals surface area contributed by atoms with Gasteiger partial charge in [-0.05, 0) is 55.5 Å². The van der Waals surface area contributed by atoms with Crippen molar-refractivity contribution in [2.75, 3.05) is 26.2 Å². The summed E-state index contributed by atoms with van der Waals surface area (Å²) in [6.07, 6.45) is 0. The van der Waals surface area contributed by atoms with Gasteiger partial charge in [0, 0.05) is 36.6 Å². The summed E-state index contributed by atoms with van der Waals surface area (Å²) in [7, 11) is -3.53. The number of furan rings is 1. The number of nitrogens with zero attached hydrogens (tertiary/aromatic N) is 2. The van der Waals surface area contributed by atoms with Gasteiger partial charge in [-0.2, -0.15) is 4.31 Å². The topological polar surface area (TPSA) is 70.8 Å². The molecule has 0 bridgehead atoms. The molecule has 1 aromatic carbocycles. The average Bonchev–Trinajstić information content (AvgIpc) is 3.38. The first-order chi connectivity index (χ1) is 13.8. The number of thiophene rings is 1. The second kappa shape index (κ2) is 7.74. The van der Waals surface area contributed by atoms with E-state index >= 15 is 0 Å². The minimum absolute atomic E-state index is 0.175. The molecule has 0 unspecified atom stereocenters. The number of halogens is 1. The predicted octanol–water partition coefficient (Wildman–Crippen LogP) is 3.60. The highest BCUT2D eigenvalue weighted by atomic mass is 32.2. The highest BCUT2D eigenvalue weighted by Gasteiger charge is 2.32. The van der Waals surface area contributed by atoms with Crippen LogP contribution in [0.4, 0.5) is 4.39 Å². The van der Waals surface area contributed by atoms with Crippen molar-refractivity contribution in [3.63, 3.8) is 0 Å². The maximum Gasteiger partial charge on any atom is 0.289 e. The van der Waals surface area contributed by atoms with Crippen molar-refractivity contribution < 1.29 is 22.0 Å². The van der Waals surface area contributed by atoms with E-state index in [9.17, 15) is 17.6 Å². The number of hydrogen-bond donors (Lipinski definition) is 0. The van der Waals surface area contributed by atoms with Gasteiger partial charge in [0.2, 0.25) is 0 Å². The Morgan fingerprint density at radius 3 is 2.31 bits per heavy atom. The minimum Gasteiger partial charge on any atom is -0.451 e. The molecule has 1 amide bonds. The van der Waals surface area contributed by atoms with Crippen LogP contribution >= 0.6 is 11.3 Å². The summed E-state index contributed by atoms with van der Waals surface area (Å²) >= 11 is 1.25. The maximum absolute atomic E-state index is 13.1. The number of sulfonamides is 1. The van der Waals surface area contributed by atoms with E-state index in [2.05, 4.69) is 0 Å². The van der Waals surface area contributed by atoms with Crippen molar-refractivity contribution in [2.45, 2.75) is 11.1 Å². The van der Waals surface area contributed by atoms with Crippen LogP contribution in [0.25, 0.3) is 11.3 Å². The first-order valence-electron chi connectivity index (χ1n) is 9.06. The van der Waals surface area contributed by atoms with Gasteiger partial charge >= 0.3 is 0 Å². The number of piperazine rings is 1. The Morgan fingerprint density at radius 1 is 1.00 bits per heavy atom. The Bertz CT molecular complexity index is 1130. The number of benzene rings is 1. The van der Waals surface area contributed by atoms with Crippen molar-refractivity contribution in [1.82, 2.24) is 9.21 Å². The van der Waals surface area contributed by atoms with E-state index < -0.39 is 10.0 Å². The largest absolute Gasteiger partial charge is 0.451 e. The SMILES string of the molecule is Cc1ccc(S(=O)(=O)N2CCN(C(=O)c3ccc(-c4ccc(F)cc4)o3)CC2)s1. The van der Waals surface area contributed by atoms with Gasteiger partial charge in [-0.25, -0.2) is 12.8 Å². The molecule has 0 aliphatic carbocycles. The lowest BCUT2D eigenvalue weighted by atomic mass is 10.2. The molecule has 3 heterocycles. The molecule has 1 saturated heterocycles. The fourth-order valence-corrected chi connectivity index (χ4v) is 6.05. The molecule has 29 heavy (non-hydrogen) atoms. The van der Waals surface area contributed by atoms with Crippen molar-refractivity contribution in [3.8, 4) is 11.3 Å². The Kier molecular flexibility index (Phi) is 5.28. The smallest absolute Gasteiger partial charge is 0.289 e. The zero-order chi connectivity index (χ0) is 20.6. The van der Waals surface area contributed by atoms with E-state index in [-0.39, 0.29) is 43.7 Å². The predicted molar refractivity (Wildman–Crippen MR) is 108 cm³/mol. The fourth-order valence-electron chi connectivity index (χ4n) is 3.19. The number of carbonyl (C=O) groups excluding carboxylic acids is 1. The third-order valence-corrected chi connectivity index (χ3v) is 8.15. The van der Waals surface area contributed by atoms with Crippen molar-refractivity contribution in [3.05, 3.63) is 65.0 Å². The highest BCUT2D eigenvalue weighted by Crippen LogP contribution is 2.26. The summed E-state index contributed by atoms with van der Waals surface area (Å²) in [5, 5.41) is 0. The Hall–Kier alpha value is -2.49. The fraction of sp³-hybridized carbons (Fsp3) is 0.250. The lowest BCUT2D eigenvalue weighted by molar-refractivity contribution is 0.0667. The van der Waals surface area contributed by atoms with E-state index in [1.807, 2.05) is 6.92 Å². The van der Waals surface area contributed by atoms with Gasteiger partial charge in [0.25, 0.3) is 15.9 Å². The molecule has 9 heteroatoms. The molecule has 1 fully saturated rings. The molecule has 0 saturated carbocycles. The highest BCUT2D eigenvalue weighted by molar-refractivity contribution is 7.91. The van der Waals surface area contributed by atoms with E-state index in [4.69, 9.17) is 4.42 Å². The van der Waals surface area contributed by atoms with E-state index in [1.165, 1.54) is 27.8 Å². The number of aryl methyl sites for hydroxylation is 1. The summed E-state index contributed by atoms with van der Waals surface area (Å²) < 4.78 is 45.9. The van der Waals surface area contributed by atoms with Crippen LogP contribution in [-0.2, 0) is 10.0 Å². The van der Waals surface area contributed by atoms with Crippen LogP contribution in [0.1, 0.15) is 15.4 Å². The van der Waals surface area contributed by atoms with Gasteiger partial charge in [-0.3, -0.25) is 4.79 Å². The number of amides is 1. The van der Waals surface area contributed by atoms with E-state index in [0.29, 0.717) is 15.5 Å². The van der Waals surface area contributed by atoms with Gasteiger partial charge in [-0.15, -0.1) is 11.3 Å². The first-order valence-corrected chi connectivity index (χ1v) is 11.3. The van der Waals surface area contributed by atoms with Crippen LogP contribution in [0, 0.1) is 12.7 Å². The van der Waals surface area contributed by atoms with Gasteiger partial charge in [0.1, 0.15) is 15.8 Å². The summed E-state index contributed by atoms with van der Waals surface area (Å²) in [6.45, 7) is 2.90. The zero-order valence-electron chi connectivity index (χ0n) is 15.7. The summed E-state index contributed by atoms with van der Waals surface area (Å²) in [6, 6.07) is 12.5. The Labute approximate surface area is 172 Å². The molecule has 0 atom stereocenters. The quantitative estimate of drug-likeness (QED) is 0.629. The standard InChI is InChI=1S/C20H19FN2O4S2/c1-14-2-9-19(28-14)29(25,26)23-12-10-22(11-13-23)20(24)18-8-7-17(27-18)15-3-5-16(21)6-4-15/h2-9H,10-13H2,1H3. The molecule has 0 radical (unpaired) electrons. The molecule has 0 N–H and O–H groups in total.